The van der Waals surface area contributed by atoms with Crippen molar-refractivity contribution in [1.29, 1.82) is 0 Å². The molecule has 22 heavy (non-hydrogen) atoms. The fraction of sp³-hybridized carbons (Fsp3) is 0.850. The van der Waals surface area contributed by atoms with E-state index in [0.29, 0.717) is 16.7 Å². The Morgan fingerprint density at radius 2 is 2.00 bits per heavy atom. The first-order valence-electron chi connectivity index (χ1n) is 9.28. The first kappa shape index (κ1) is 13.6. The largest absolute Gasteiger partial charge is 0.462 e. The molecule has 2 bridgehead atoms. The SMILES string of the molecule is C=C1C[C@]23C[C@H]1CC[C@H]2[C@]1(C)CCC[C@@]2(C)C(=O)O[C@@H](C3)[C@@H]12. The Bertz CT molecular complexity index is 580. The number of ether oxygens (including phenoxy) is 1. The van der Waals surface area contributed by atoms with E-state index in [9.17, 15) is 4.79 Å². The molecule has 1 heterocycles. The molecule has 2 nitrogen and oxygen atoms in total. The zero-order valence-corrected chi connectivity index (χ0v) is 14.0. The van der Waals surface area contributed by atoms with Gasteiger partial charge in [0.1, 0.15) is 6.10 Å². The topological polar surface area (TPSA) is 26.3 Å². The van der Waals surface area contributed by atoms with Crippen molar-refractivity contribution in [3.63, 3.8) is 0 Å². The Morgan fingerprint density at radius 1 is 1.18 bits per heavy atom. The summed E-state index contributed by atoms with van der Waals surface area (Å²) >= 11 is 0. The van der Waals surface area contributed by atoms with Gasteiger partial charge in [0.2, 0.25) is 0 Å². The molecule has 5 aliphatic rings. The fourth-order valence-electron chi connectivity index (χ4n) is 8.11. The van der Waals surface area contributed by atoms with Crippen molar-refractivity contribution >= 4 is 5.97 Å². The standard InChI is InChI=1S/C20H28O2/c1-12-9-20-10-13(12)5-6-15(20)18(2)7-4-8-19(3)16(18)14(11-20)22-17(19)21/h13-16H,1,4-11H2,2-3H3/t13-,14+,15+,16+,18+,19-,20-/m1/s1. The Morgan fingerprint density at radius 3 is 2.82 bits per heavy atom. The zero-order chi connectivity index (χ0) is 15.3. The summed E-state index contributed by atoms with van der Waals surface area (Å²) in [6.45, 7) is 9.11. The summed E-state index contributed by atoms with van der Waals surface area (Å²) < 4.78 is 6.01. The van der Waals surface area contributed by atoms with Crippen LogP contribution in [0.4, 0.5) is 0 Å². The number of esters is 1. The Labute approximate surface area is 133 Å². The second kappa shape index (κ2) is 3.82. The van der Waals surface area contributed by atoms with Crippen LogP contribution in [0, 0.1) is 34.0 Å². The maximum absolute atomic E-state index is 12.6. The van der Waals surface area contributed by atoms with Crippen LogP contribution in [0.2, 0.25) is 0 Å². The summed E-state index contributed by atoms with van der Waals surface area (Å²) in [6, 6.07) is 0. The molecule has 0 aromatic heterocycles. The number of rotatable bonds is 0. The van der Waals surface area contributed by atoms with Gasteiger partial charge in [0, 0.05) is 5.92 Å². The second-order valence-corrected chi connectivity index (χ2v) is 9.63. The third-order valence-electron chi connectivity index (χ3n) is 8.66. The van der Waals surface area contributed by atoms with Gasteiger partial charge < -0.3 is 4.74 Å². The molecule has 0 amide bonds. The lowest BCUT2D eigenvalue weighted by atomic mass is 9.41. The van der Waals surface area contributed by atoms with Crippen LogP contribution in [-0.2, 0) is 9.53 Å². The average Bonchev–Trinajstić information content (AvgIpc) is 2.82. The predicted molar refractivity (Wildman–Crippen MR) is 85.1 cm³/mol. The zero-order valence-electron chi connectivity index (χ0n) is 14.0. The lowest BCUT2D eigenvalue weighted by molar-refractivity contribution is -0.157. The van der Waals surface area contributed by atoms with Gasteiger partial charge in [0.15, 0.2) is 0 Å². The minimum atomic E-state index is -0.203. The van der Waals surface area contributed by atoms with Crippen molar-refractivity contribution in [2.24, 2.45) is 34.0 Å². The minimum Gasteiger partial charge on any atom is -0.462 e. The molecule has 2 heteroatoms. The van der Waals surface area contributed by atoms with E-state index in [4.69, 9.17) is 4.74 Å². The van der Waals surface area contributed by atoms with E-state index in [1.54, 1.807) is 0 Å². The van der Waals surface area contributed by atoms with Crippen LogP contribution in [0.3, 0.4) is 0 Å². The third kappa shape index (κ3) is 1.33. The molecule has 1 aliphatic heterocycles. The summed E-state index contributed by atoms with van der Waals surface area (Å²) in [4.78, 5) is 12.6. The van der Waals surface area contributed by atoms with Gasteiger partial charge in [-0.3, -0.25) is 4.79 Å². The molecule has 5 rings (SSSR count). The number of hydrogen-bond acceptors (Lipinski definition) is 2. The normalized spacial score (nSPS) is 59.0. The van der Waals surface area contributed by atoms with Crippen LogP contribution in [-0.4, -0.2) is 12.1 Å². The van der Waals surface area contributed by atoms with E-state index in [2.05, 4.69) is 20.4 Å². The molecule has 4 aliphatic carbocycles. The fourth-order valence-corrected chi connectivity index (χ4v) is 8.11. The Hall–Kier alpha value is -0.790. The van der Waals surface area contributed by atoms with Gasteiger partial charge in [-0.1, -0.05) is 25.5 Å². The van der Waals surface area contributed by atoms with Crippen LogP contribution in [0.5, 0.6) is 0 Å². The highest BCUT2D eigenvalue weighted by molar-refractivity contribution is 5.80. The molecular weight excluding hydrogens is 272 g/mol. The summed E-state index contributed by atoms with van der Waals surface area (Å²) in [6.07, 6.45) is 10.1. The lowest BCUT2D eigenvalue weighted by Gasteiger charge is -2.62. The highest BCUT2D eigenvalue weighted by Crippen LogP contribution is 2.74. The Kier molecular flexibility index (Phi) is 2.36. The van der Waals surface area contributed by atoms with Gasteiger partial charge in [-0.15, -0.1) is 0 Å². The van der Waals surface area contributed by atoms with Crippen LogP contribution in [0.1, 0.15) is 65.2 Å². The van der Waals surface area contributed by atoms with Crippen molar-refractivity contribution in [3.8, 4) is 0 Å². The molecule has 7 atom stereocenters. The summed E-state index contributed by atoms with van der Waals surface area (Å²) in [5.74, 6) is 2.11. The van der Waals surface area contributed by atoms with Gasteiger partial charge in [-0.05, 0) is 74.5 Å². The summed E-state index contributed by atoms with van der Waals surface area (Å²) in [5.41, 5.74) is 2.00. The van der Waals surface area contributed by atoms with Crippen molar-refractivity contribution in [3.05, 3.63) is 12.2 Å². The van der Waals surface area contributed by atoms with Gasteiger partial charge in [0.25, 0.3) is 0 Å². The predicted octanol–water partition coefficient (Wildman–Crippen LogP) is 4.49. The molecular formula is C20H28O2. The molecule has 1 saturated heterocycles. The first-order valence-corrected chi connectivity index (χ1v) is 9.28. The maximum atomic E-state index is 12.6. The van der Waals surface area contributed by atoms with Crippen molar-refractivity contribution in [2.45, 2.75) is 71.3 Å². The highest BCUT2D eigenvalue weighted by Gasteiger charge is 2.71. The second-order valence-electron chi connectivity index (χ2n) is 9.63. The molecule has 0 unspecified atom stereocenters. The van der Waals surface area contributed by atoms with E-state index in [0.717, 1.165) is 24.7 Å². The van der Waals surface area contributed by atoms with Gasteiger partial charge in [0.05, 0.1) is 5.41 Å². The molecule has 5 fully saturated rings. The van der Waals surface area contributed by atoms with Crippen molar-refractivity contribution in [1.82, 2.24) is 0 Å². The number of carbonyl (C=O) groups excluding carboxylic acids is 1. The van der Waals surface area contributed by atoms with E-state index in [1.165, 1.54) is 44.1 Å². The van der Waals surface area contributed by atoms with Crippen LogP contribution in [0.15, 0.2) is 12.2 Å². The lowest BCUT2D eigenvalue weighted by Crippen LogP contribution is -2.59. The van der Waals surface area contributed by atoms with Crippen molar-refractivity contribution in [2.75, 3.05) is 0 Å². The van der Waals surface area contributed by atoms with Crippen LogP contribution >= 0.6 is 0 Å². The average molecular weight is 300 g/mol. The molecule has 1 spiro atoms. The summed E-state index contributed by atoms with van der Waals surface area (Å²) in [7, 11) is 0. The van der Waals surface area contributed by atoms with Gasteiger partial charge in [-0.25, -0.2) is 0 Å². The number of hydrogen-bond donors (Lipinski definition) is 0. The Balaban J connectivity index is 1.65. The van der Waals surface area contributed by atoms with E-state index in [-0.39, 0.29) is 17.5 Å². The molecule has 4 saturated carbocycles. The van der Waals surface area contributed by atoms with E-state index >= 15 is 0 Å². The van der Waals surface area contributed by atoms with Gasteiger partial charge >= 0.3 is 5.97 Å². The first-order chi connectivity index (χ1) is 10.4. The van der Waals surface area contributed by atoms with Crippen molar-refractivity contribution < 1.29 is 9.53 Å². The van der Waals surface area contributed by atoms with E-state index in [1.807, 2.05) is 0 Å². The van der Waals surface area contributed by atoms with Gasteiger partial charge in [-0.2, -0.15) is 0 Å². The molecule has 0 N–H and O–H groups in total. The van der Waals surface area contributed by atoms with Crippen LogP contribution in [0.25, 0.3) is 0 Å². The van der Waals surface area contributed by atoms with Crippen LogP contribution < -0.4 is 0 Å². The molecule has 0 radical (unpaired) electrons. The summed E-state index contributed by atoms with van der Waals surface area (Å²) in [5, 5.41) is 0. The highest BCUT2D eigenvalue weighted by atomic mass is 16.6. The quantitative estimate of drug-likeness (QED) is 0.486. The maximum Gasteiger partial charge on any atom is 0.312 e. The monoisotopic (exact) mass is 300 g/mol. The number of carbonyl (C=O) groups is 1. The molecule has 120 valence electrons. The third-order valence-corrected chi connectivity index (χ3v) is 8.66. The number of allylic oxidation sites excluding steroid dienone is 1. The smallest absolute Gasteiger partial charge is 0.312 e. The number of fused-ring (bicyclic) bond motifs is 2. The molecule has 0 aromatic rings. The minimum absolute atomic E-state index is 0.108. The molecule has 0 aromatic carbocycles. The van der Waals surface area contributed by atoms with E-state index < -0.39 is 0 Å².